The van der Waals surface area contributed by atoms with Gasteiger partial charge < -0.3 is 4.74 Å². The summed E-state index contributed by atoms with van der Waals surface area (Å²) in [7, 11) is 0. The number of fused-ring (bicyclic) bond motifs is 1. The van der Waals surface area contributed by atoms with Crippen LogP contribution >= 0.6 is 22.6 Å². The lowest BCUT2D eigenvalue weighted by Gasteiger charge is -2.35. The average molecular weight is 350 g/mol. The molecule has 1 nitrogen and oxygen atoms in total. The van der Waals surface area contributed by atoms with Gasteiger partial charge in [-0.3, -0.25) is 0 Å². The molecule has 1 aliphatic rings. The zero-order valence-corrected chi connectivity index (χ0v) is 12.4. The van der Waals surface area contributed by atoms with Gasteiger partial charge in [0.25, 0.3) is 0 Å². The molecule has 3 rings (SSSR count). The molecule has 1 heterocycles. The Kier molecular flexibility index (Phi) is 3.29. The number of hydrogen-bond acceptors (Lipinski definition) is 1. The molecule has 18 heavy (non-hydrogen) atoms. The number of para-hydroxylation sites is 1. The van der Waals surface area contributed by atoms with Gasteiger partial charge in [0.05, 0.1) is 3.92 Å². The summed E-state index contributed by atoms with van der Waals surface area (Å²) in [5, 5.41) is 0. The lowest BCUT2D eigenvalue weighted by Crippen LogP contribution is -2.28. The Morgan fingerprint density at radius 1 is 0.944 bits per heavy atom. The fourth-order valence-electron chi connectivity index (χ4n) is 2.49. The minimum absolute atomic E-state index is 0.150. The third-order valence-corrected chi connectivity index (χ3v) is 5.29. The highest BCUT2D eigenvalue weighted by Gasteiger charge is 2.34. The lowest BCUT2D eigenvalue weighted by molar-refractivity contribution is 0.177. The van der Waals surface area contributed by atoms with Gasteiger partial charge >= 0.3 is 0 Å². The first-order valence-corrected chi connectivity index (χ1v) is 7.46. The van der Waals surface area contributed by atoms with E-state index in [4.69, 9.17) is 4.74 Å². The van der Waals surface area contributed by atoms with Crippen LogP contribution in [0.4, 0.5) is 0 Å². The van der Waals surface area contributed by atoms with Gasteiger partial charge in [-0.1, -0.05) is 78.0 Å². The molecule has 0 aliphatic carbocycles. The maximum atomic E-state index is 6.19. The first-order chi connectivity index (χ1) is 8.77. The van der Waals surface area contributed by atoms with E-state index >= 15 is 0 Å². The van der Waals surface area contributed by atoms with Crippen molar-refractivity contribution in [2.75, 3.05) is 0 Å². The van der Waals surface area contributed by atoms with Crippen molar-refractivity contribution in [2.24, 2.45) is 0 Å². The van der Waals surface area contributed by atoms with E-state index in [2.05, 4.69) is 72.0 Å². The predicted octanol–water partition coefficient (Wildman–Crippen LogP) is 4.73. The molecule has 0 bridgehead atoms. The van der Waals surface area contributed by atoms with E-state index in [1.54, 1.807) is 0 Å². The van der Waals surface area contributed by atoms with E-state index in [0.717, 1.165) is 5.75 Å². The molecule has 0 aromatic heterocycles. The molecule has 1 aliphatic heterocycles. The number of ether oxygens (including phenoxy) is 1. The molecular formula is C16H15IO. The summed E-state index contributed by atoms with van der Waals surface area (Å²) < 4.78 is 6.65. The topological polar surface area (TPSA) is 9.23 Å². The van der Waals surface area contributed by atoms with Crippen LogP contribution in [0.1, 0.15) is 30.1 Å². The highest BCUT2D eigenvalue weighted by atomic mass is 127. The fourth-order valence-corrected chi connectivity index (χ4v) is 3.44. The molecule has 92 valence electrons. The summed E-state index contributed by atoms with van der Waals surface area (Å²) in [6, 6.07) is 18.9. The van der Waals surface area contributed by atoms with Crippen molar-refractivity contribution in [3.05, 3.63) is 65.7 Å². The molecule has 2 aromatic rings. The smallest absolute Gasteiger partial charge is 0.136 e. The molecule has 0 fully saturated rings. The Hall–Kier alpha value is -1.03. The highest BCUT2D eigenvalue weighted by molar-refractivity contribution is 14.1. The zero-order valence-electron chi connectivity index (χ0n) is 10.2. The van der Waals surface area contributed by atoms with E-state index in [0.29, 0.717) is 9.84 Å². The van der Waals surface area contributed by atoms with Crippen LogP contribution in [-0.4, -0.2) is 3.92 Å². The van der Waals surface area contributed by atoms with Gasteiger partial charge in [-0.15, -0.1) is 0 Å². The second-order valence-electron chi connectivity index (χ2n) is 4.72. The lowest BCUT2D eigenvalue weighted by atomic mass is 9.89. The van der Waals surface area contributed by atoms with Crippen LogP contribution in [0.5, 0.6) is 5.75 Å². The summed E-state index contributed by atoms with van der Waals surface area (Å²) in [4.78, 5) is 0. The molecule has 0 N–H and O–H groups in total. The summed E-state index contributed by atoms with van der Waals surface area (Å²) in [5.41, 5.74) is 2.59. The van der Waals surface area contributed by atoms with E-state index in [1.165, 1.54) is 11.1 Å². The molecule has 2 heteroatoms. The SMILES string of the molecule is CC1c2ccccc2OC(c2ccccc2)C1I. The molecular weight excluding hydrogens is 335 g/mol. The van der Waals surface area contributed by atoms with Crippen LogP contribution in [0.2, 0.25) is 0 Å². The van der Waals surface area contributed by atoms with E-state index < -0.39 is 0 Å². The third kappa shape index (κ3) is 2.03. The standard InChI is InChI=1S/C16H15IO/c1-11-13-9-5-6-10-14(13)18-16(15(11)17)12-7-3-2-4-8-12/h2-11,15-16H,1H3. The van der Waals surface area contributed by atoms with Crippen molar-refractivity contribution in [3.8, 4) is 5.75 Å². The Balaban J connectivity index is 2.01. The molecule has 0 saturated carbocycles. The second kappa shape index (κ2) is 4.92. The minimum atomic E-state index is 0.150. The van der Waals surface area contributed by atoms with Crippen molar-refractivity contribution in [1.29, 1.82) is 0 Å². The third-order valence-electron chi connectivity index (χ3n) is 3.56. The Labute approximate surface area is 121 Å². The van der Waals surface area contributed by atoms with Gasteiger partial charge in [0.15, 0.2) is 0 Å². The maximum Gasteiger partial charge on any atom is 0.136 e. The number of halogens is 1. The molecule has 0 spiro atoms. The largest absolute Gasteiger partial charge is 0.484 e. The Morgan fingerprint density at radius 3 is 2.39 bits per heavy atom. The predicted molar refractivity (Wildman–Crippen MR) is 82.5 cm³/mol. The summed E-state index contributed by atoms with van der Waals surface area (Å²) >= 11 is 2.52. The maximum absolute atomic E-state index is 6.19. The van der Waals surface area contributed by atoms with E-state index in [-0.39, 0.29) is 6.10 Å². The van der Waals surface area contributed by atoms with Crippen LogP contribution < -0.4 is 4.74 Å². The van der Waals surface area contributed by atoms with Crippen LogP contribution in [0, 0.1) is 0 Å². The normalized spacial score (nSPS) is 26.2. The number of rotatable bonds is 1. The number of alkyl halides is 1. The summed E-state index contributed by atoms with van der Waals surface area (Å²) in [6.07, 6.45) is 0.150. The molecule has 3 unspecified atom stereocenters. The molecule has 2 aromatic carbocycles. The van der Waals surface area contributed by atoms with Crippen LogP contribution in [0.3, 0.4) is 0 Å². The monoisotopic (exact) mass is 350 g/mol. The molecule has 0 radical (unpaired) electrons. The number of benzene rings is 2. The Morgan fingerprint density at radius 2 is 1.61 bits per heavy atom. The van der Waals surface area contributed by atoms with Gasteiger partial charge in [0, 0.05) is 5.92 Å². The van der Waals surface area contributed by atoms with Crippen molar-refractivity contribution >= 4 is 22.6 Å². The molecule has 0 saturated heterocycles. The van der Waals surface area contributed by atoms with E-state index in [9.17, 15) is 0 Å². The van der Waals surface area contributed by atoms with Gasteiger partial charge in [-0.25, -0.2) is 0 Å². The van der Waals surface area contributed by atoms with Gasteiger partial charge in [0.1, 0.15) is 11.9 Å². The van der Waals surface area contributed by atoms with Gasteiger partial charge in [-0.2, -0.15) is 0 Å². The van der Waals surface area contributed by atoms with Crippen molar-refractivity contribution in [2.45, 2.75) is 22.9 Å². The first kappa shape index (κ1) is 12.0. The quantitative estimate of drug-likeness (QED) is 0.534. The molecule has 3 atom stereocenters. The average Bonchev–Trinajstić information content (AvgIpc) is 2.44. The zero-order chi connectivity index (χ0) is 12.5. The fraction of sp³-hybridized carbons (Fsp3) is 0.250. The number of hydrogen-bond donors (Lipinski definition) is 0. The van der Waals surface area contributed by atoms with Crippen LogP contribution in [0.25, 0.3) is 0 Å². The van der Waals surface area contributed by atoms with E-state index in [1.807, 2.05) is 12.1 Å². The van der Waals surface area contributed by atoms with Crippen LogP contribution in [-0.2, 0) is 0 Å². The van der Waals surface area contributed by atoms with Crippen molar-refractivity contribution < 1.29 is 4.74 Å². The first-order valence-electron chi connectivity index (χ1n) is 6.22. The van der Waals surface area contributed by atoms with Crippen molar-refractivity contribution in [3.63, 3.8) is 0 Å². The van der Waals surface area contributed by atoms with Gasteiger partial charge in [0.2, 0.25) is 0 Å². The second-order valence-corrected chi connectivity index (χ2v) is 6.16. The molecule has 0 amide bonds. The summed E-state index contributed by atoms with van der Waals surface area (Å²) in [5.74, 6) is 1.55. The Bertz CT molecular complexity index is 538. The van der Waals surface area contributed by atoms with Crippen LogP contribution in [0.15, 0.2) is 54.6 Å². The minimum Gasteiger partial charge on any atom is -0.484 e. The van der Waals surface area contributed by atoms with Crippen molar-refractivity contribution in [1.82, 2.24) is 0 Å². The highest BCUT2D eigenvalue weighted by Crippen LogP contribution is 2.45. The van der Waals surface area contributed by atoms with Gasteiger partial charge in [-0.05, 0) is 17.2 Å². The summed E-state index contributed by atoms with van der Waals surface area (Å²) in [6.45, 7) is 2.29.